The van der Waals surface area contributed by atoms with Gasteiger partial charge in [-0.1, -0.05) is 15.9 Å². The maximum atomic E-state index is 12.2. The summed E-state index contributed by atoms with van der Waals surface area (Å²) >= 11 is 6.70. The van der Waals surface area contributed by atoms with Crippen molar-refractivity contribution in [3.63, 3.8) is 0 Å². The average molecular weight is 411 g/mol. The minimum atomic E-state index is -0.288. The van der Waals surface area contributed by atoms with Crippen molar-refractivity contribution in [1.82, 2.24) is 14.0 Å². The number of rotatable bonds is 4. The Bertz CT molecular complexity index is 591. The van der Waals surface area contributed by atoms with Gasteiger partial charge in [-0.3, -0.25) is 18.8 Å². The fraction of sp³-hybridized carbons (Fsp3) is 0.667. The Morgan fingerprint density at radius 3 is 2.50 bits per heavy atom. The third-order valence-electron chi connectivity index (χ3n) is 3.37. The number of hydrogen-bond acceptors (Lipinski definition) is 4. The topological polar surface area (TPSA) is 56.5 Å². The van der Waals surface area contributed by atoms with Gasteiger partial charge in [0.25, 0.3) is 5.56 Å². The van der Waals surface area contributed by atoms with Gasteiger partial charge in [0.05, 0.1) is 18.9 Å². The molecule has 1 aliphatic rings. The molecule has 8 heteroatoms. The number of halogens is 2. The number of morpholine rings is 1. The molecule has 112 valence electrons. The lowest BCUT2D eigenvalue weighted by Crippen LogP contribution is -2.43. The summed E-state index contributed by atoms with van der Waals surface area (Å²) in [5, 5.41) is 0.660. The Kier molecular flexibility index (Phi) is 5.59. The lowest BCUT2D eigenvalue weighted by atomic mass is 10.3. The third kappa shape index (κ3) is 3.24. The Balaban J connectivity index is 2.43. The van der Waals surface area contributed by atoms with Gasteiger partial charge in [0.15, 0.2) is 0 Å². The van der Waals surface area contributed by atoms with E-state index in [4.69, 9.17) is 4.74 Å². The monoisotopic (exact) mass is 409 g/mol. The summed E-state index contributed by atoms with van der Waals surface area (Å²) in [6, 6.07) is 0. The summed E-state index contributed by atoms with van der Waals surface area (Å²) in [7, 11) is 1.50. The molecule has 2 rings (SSSR count). The number of aromatic nitrogens is 2. The van der Waals surface area contributed by atoms with E-state index in [-0.39, 0.29) is 11.2 Å². The summed E-state index contributed by atoms with van der Waals surface area (Å²) in [5.41, 5.74) is 0.171. The smallest absolute Gasteiger partial charge is 0.331 e. The van der Waals surface area contributed by atoms with Crippen molar-refractivity contribution < 1.29 is 4.74 Å². The Morgan fingerprint density at radius 2 is 1.90 bits per heavy atom. The summed E-state index contributed by atoms with van der Waals surface area (Å²) in [6.07, 6.45) is 0. The number of alkyl halides is 1. The highest BCUT2D eigenvalue weighted by molar-refractivity contribution is 9.10. The molecule has 1 aliphatic heterocycles. The first-order valence-electron chi connectivity index (χ1n) is 6.40. The van der Waals surface area contributed by atoms with Gasteiger partial charge in [0.1, 0.15) is 4.47 Å². The van der Waals surface area contributed by atoms with Crippen LogP contribution < -0.4 is 11.2 Å². The number of nitrogens with zero attached hydrogens (tertiary/aromatic N) is 3. The molecule has 1 aromatic heterocycles. The van der Waals surface area contributed by atoms with Crippen LogP contribution in [0, 0.1) is 0 Å². The molecule has 1 saturated heterocycles. The molecular formula is C12H17Br2N3O3. The van der Waals surface area contributed by atoms with Crippen molar-refractivity contribution in [2.75, 3.05) is 31.6 Å². The highest BCUT2D eigenvalue weighted by atomic mass is 79.9. The van der Waals surface area contributed by atoms with Crippen LogP contribution >= 0.6 is 31.9 Å². The molecule has 0 atom stereocenters. The zero-order valence-electron chi connectivity index (χ0n) is 11.3. The summed E-state index contributed by atoms with van der Waals surface area (Å²) in [4.78, 5) is 26.5. The molecule has 0 N–H and O–H groups in total. The van der Waals surface area contributed by atoms with Gasteiger partial charge >= 0.3 is 5.69 Å². The second-order valence-electron chi connectivity index (χ2n) is 4.64. The molecule has 0 unspecified atom stereocenters. The standard InChI is InChI=1S/C12H17Br2N3O3/c1-15-11(18)10(14)9(17(3-2-13)12(15)19)8-16-4-6-20-7-5-16/h2-8H2,1H3. The maximum Gasteiger partial charge on any atom is 0.331 e. The van der Waals surface area contributed by atoms with E-state index in [0.717, 1.165) is 23.4 Å². The Hall–Kier alpha value is -0.440. The van der Waals surface area contributed by atoms with E-state index < -0.39 is 0 Å². The molecule has 0 aromatic carbocycles. The van der Waals surface area contributed by atoms with E-state index in [0.29, 0.717) is 36.1 Å². The lowest BCUT2D eigenvalue weighted by Gasteiger charge is -2.28. The van der Waals surface area contributed by atoms with Crippen LogP contribution in [0.1, 0.15) is 5.69 Å². The predicted molar refractivity (Wildman–Crippen MR) is 83.5 cm³/mol. The van der Waals surface area contributed by atoms with Crippen molar-refractivity contribution in [3.05, 3.63) is 31.0 Å². The van der Waals surface area contributed by atoms with Crippen LogP contribution in [0.4, 0.5) is 0 Å². The second kappa shape index (κ2) is 7.02. The Morgan fingerprint density at radius 1 is 1.25 bits per heavy atom. The van der Waals surface area contributed by atoms with Gasteiger partial charge in [-0.2, -0.15) is 0 Å². The van der Waals surface area contributed by atoms with Crippen molar-refractivity contribution >= 4 is 31.9 Å². The number of ether oxygens (including phenoxy) is 1. The fourth-order valence-electron chi connectivity index (χ4n) is 2.21. The van der Waals surface area contributed by atoms with E-state index in [1.165, 1.54) is 7.05 Å². The molecule has 1 fully saturated rings. The highest BCUT2D eigenvalue weighted by Crippen LogP contribution is 2.14. The largest absolute Gasteiger partial charge is 0.379 e. The predicted octanol–water partition coefficient (Wildman–Crippen LogP) is 0.537. The molecule has 2 heterocycles. The van der Waals surface area contributed by atoms with E-state index >= 15 is 0 Å². The summed E-state index contributed by atoms with van der Waals surface area (Å²) in [6.45, 7) is 4.10. The average Bonchev–Trinajstić information content (AvgIpc) is 2.47. The van der Waals surface area contributed by atoms with Gasteiger partial charge in [0.2, 0.25) is 0 Å². The first kappa shape index (κ1) is 15.9. The van der Waals surface area contributed by atoms with Gasteiger partial charge in [-0.05, 0) is 15.9 Å². The van der Waals surface area contributed by atoms with Gasteiger partial charge in [-0.25, -0.2) is 4.79 Å². The summed E-state index contributed by atoms with van der Waals surface area (Å²) in [5.74, 6) is 0. The van der Waals surface area contributed by atoms with Crippen LogP contribution in [0.5, 0.6) is 0 Å². The Labute approximate surface area is 133 Å². The molecule has 0 aliphatic carbocycles. The van der Waals surface area contributed by atoms with Crippen LogP contribution in [0.15, 0.2) is 14.1 Å². The second-order valence-corrected chi connectivity index (χ2v) is 6.22. The van der Waals surface area contributed by atoms with Crippen molar-refractivity contribution in [2.24, 2.45) is 7.05 Å². The molecule has 0 amide bonds. The fourth-order valence-corrected chi connectivity index (χ4v) is 3.17. The van der Waals surface area contributed by atoms with Gasteiger partial charge in [-0.15, -0.1) is 0 Å². The molecule has 0 saturated carbocycles. The van der Waals surface area contributed by atoms with Crippen LogP contribution in [0.3, 0.4) is 0 Å². The van der Waals surface area contributed by atoms with E-state index in [1.54, 1.807) is 4.57 Å². The normalized spacial score (nSPS) is 16.6. The molecule has 1 aromatic rings. The molecule has 20 heavy (non-hydrogen) atoms. The van der Waals surface area contributed by atoms with Crippen LogP contribution in [-0.4, -0.2) is 45.7 Å². The minimum Gasteiger partial charge on any atom is -0.379 e. The van der Waals surface area contributed by atoms with Crippen LogP contribution in [0.25, 0.3) is 0 Å². The quantitative estimate of drug-likeness (QED) is 0.679. The van der Waals surface area contributed by atoms with Crippen LogP contribution in [-0.2, 0) is 24.9 Å². The zero-order chi connectivity index (χ0) is 14.7. The molecule has 0 radical (unpaired) electrons. The van der Waals surface area contributed by atoms with Gasteiger partial charge < -0.3 is 4.74 Å². The van der Waals surface area contributed by atoms with Crippen LogP contribution in [0.2, 0.25) is 0 Å². The number of hydrogen-bond donors (Lipinski definition) is 0. The zero-order valence-corrected chi connectivity index (χ0v) is 14.4. The molecule has 6 nitrogen and oxygen atoms in total. The molecule has 0 bridgehead atoms. The first-order valence-corrected chi connectivity index (χ1v) is 8.32. The maximum absolute atomic E-state index is 12.2. The van der Waals surface area contributed by atoms with Crippen molar-refractivity contribution in [1.29, 1.82) is 0 Å². The molecule has 0 spiro atoms. The highest BCUT2D eigenvalue weighted by Gasteiger charge is 2.19. The van der Waals surface area contributed by atoms with E-state index in [9.17, 15) is 9.59 Å². The lowest BCUT2D eigenvalue weighted by molar-refractivity contribution is 0.0328. The third-order valence-corrected chi connectivity index (χ3v) is 4.53. The minimum absolute atomic E-state index is 0.277. The molecular weight excluding hydrogens is 394 g/mol. The van der Waals surface area contributed by atoms with E-state index in [2.05, 4.69) is 36.8 Å². The van der Waals surface area contributed by atoms with E-state index in [1.807, 2.05) is 0 Å². The summed E-state index contributed by atoms with van der Waals surface area (Å²) < 4.78 is 8.56. The van der Waals surface area contributed by atoms with Crippen molar-refractivity contribution in [3.8, 4) is 0 Å². The van der Waals surface area contributed by atoms with Crippen molar-refractivity contribution in [2.45, 2.75) is 13.1 Å². The van der Waals surface area contributed by atoms with Gasteiger partial charge in [0, 0.05) is 38.6 Å². The first-order chi connectivity index (χ1) is 9.56. The SMILES string of the molecule is Cn1c(=O)c(Br)c(CN2CCOCC2)n(CCBr)c1=O.